The van der Waals surface area contributed by atoms with Crippen molar-refractivity contribution >= 4 is 5.97 Å². The van der Waals surface area contributed by atoms with Crippen molar-refractivity contribution in [1.82, 2.24) is 0 Å². The first-order valence-corrected chi connectivity index (χ1v) is 11.0. The molecule has 0 radical (unpaired) electrons. The summed E-state index contributed by atoms with van der Waals surface area (Å²) >= 11 is 0. The molecule has 25 heavy (non-hydrogen) atoms. The lowest BCUT2D eigenvalue weighted by Crippen LogP contribution is -1.93. The van der Waals surface area contributed by atoms with Gasteiger partial charge in [-0.05, 0) is 38.0 Å². The van der Waals surface area contributed by atoms with Gasteiger partial charge in [-0.1, -0.05) is 96.6 Å². The van der Waals surface area contributed by atoms with Crippen LogP contribution in [0.5, 0.6) is 0 Å². The maximum Gasteiger partial charge on any atom is 0.303 e. The normalized spacial score (nSPS) is 12.7. The van der Waals surface area contributed by atoms with E-state index in [0.29, 0.717) is 6.42 Å². The average molecular weight is 353 g/mol. The van der Waals surface area contributed by atoms with Crippen LogP contribution in [0.1, 0.15) is 123 Å². The van der Waals surface area contributed by atoms with E-state index in [-0.39, 0.29) is 0 Å². The molecule has 0 aromatic rings. The maximum absolute atomic E-state index is 10.4. The van der Waals surface area contributed by atoms with Crippen molar-refractivity contribution in [3.8, 4) is 0 Å². The van der Waals surface area contributed by atoms with Crippen LogP contribution in [0.2, 0.25) is 0 Å². The molecule has 1 N–H and O–H groups in total. The van der Waals surface area contributed by atoms with E-state index in [1.807, 2.05) is 0 Å². The second-order valence-corrected chi connectivity index (χ2v) is 7.74. The second-order valence-electron chi connectivity index (χ2n) is 7.74. The van der Waals surface area contributed by atoms with Crippen LogP contribution < -0.4 is 0 Å². The van der Waals surface area contributed by atoms with Gasteiger partial charge in [0, 0.05) is 6.42 Å². The van der Waals surface area contributed by atoms with Crippen LogP contribution >= 0.6 is 0 Å². The van der Waals surface area contributed by atoms with Crippen LogP contribution in [-0.2, 0) is 4.79 Å². The first-order valence-electron chi connectivity index (χ1n) is 11.0. The minimum Gasteiger partial charge on any atom is -0.481 e. The quantitative estimate of drug-likeness (QED) is 0.189. The second kappa shape index (κ2) is 19.5. The number of rotatable bonds is 19. The van der Waals surface area contributed by atoms with Gasteiger partial charge in [-0.2, -0.15) is 0 Å². The molecule has 0 rings (SSSR count). The van der Waals surface area contributed by atoms with Gasteiger partial charge in [0.25, 0.3) is 0 Å². The summed E-state index contributed by atoms with van der Waals surface area (Å²) in [5.41, 5.74) is 0. The molecular weight excluding hydrogens is 308 g/mol. The van der Waals surface area contributed by atoms with Crippen molar-refractivity contribution in [2.75, 3.05) is 0 Å². The fourth-order valence-electron chi connectivity index (χ4n) is 3.15. The van der Waals surface area contributed by atoms with E-state index in [4.69, 9.17) is 5.11 Å². The minimum atomic E-state index is -0.659. The number of hydrogen-bond acceptors (Lipinski definition) is 1. The van der Waals surface area contributed by atoms with E-state index >= 15 is 0 Å². The van der Waals surface area contributed by atoms with E-state index in [9.17, 15) is 4.79 Å². The highest BCUT2D eigenvalue weighted by molar-refractivity contribution is 5.66. The third-order valence-electron chi connectivity index (χ3n) is 5.19. The van der Waals surface area contributed by atoms with Crippen molar-refractivity contribution in [2.24, 2.45) is 5.92 Å². The first-order chi connectivity index (χ1) is 12.2. The zero-order valence-corrected chi connectivity index (χ0v) is 17.1. The summed E-state index contributed by atoms with van der Waals surface area (Å²) in [6.45, 7) is 4.66. The van der Waals surface area contributed by atoms with Gasteiger partial charge in [0.1, 0.15) is 0 Å². The molecule has 0 heterocycles. The summed E-state index contributed by atoms with van der Waals surface area (Å²) in [6, 6.07) is 0. The van der Waals surface area contributed by atoms with Crippen LogP contribution in [0.4, 0.5) is 0 Å². The molecule has 0 aliphatic heterocycles. The fourth-order valence-corrected chi connectivity index (χ4v) is 3.15. The topological polar surface area (TPSA) is 37.3 Å². The zero-order chi connectivity index (χ0) is 18.6. The lowest BCUT2D eigenvalue weighted by Gasteiger charge is -2.07. The van der Waals surface area contributed by atoms with E-state index in [0.717, 1.165) is 18.8 Å². The lowest BCUT2D eigenvalue weighted by molar-refractivity contribution is -0.137. The number of unbranched alkanes of at least 4 members (excludes halogenated alkanes) is 12. The standard InChI is InChI=1S/C23H44O2/c1-3-22(2)20-18-16-14-12-10-8-6-4-5-7-9-11-13-15-17-19-21-23(24)25/h4,6,22H,3,5,7-21H2,1-2H3,(H,24,25)/b6-4-. The van der Waals surface area contributed by atoms with Crippen molar-refractivity contribution in [3.05, 3.63) is 12.2 Å². The lowest BCUT2D eigenvalue weighted by atomic mass is 10.00. The Morgan fingerprint density at radius 1 is 0.760 bits per heavy atom. The monoisotopic (exact) mass is 352 g/mol. The predicted octanol–water partition coefficient (Wildman–Crippen LogP) is 7.91. The van der Waals surface area contributed by atoms with Crippen LogP contribution in [0.25, 0.3) is 0 Å². The van der Waals surface area contributed by atoms with Crippen molar-refractivity contribution in [2.45, 2.75) is 123 Å². The molecule has 2 nitrogen and oxygen atoms in total. The molecule has 1 atom stereocenters. The minimum absolute atomic E-state index is 0.336. The third-order valence-corrected chi connectivity index (χ3v) is 5.19. The number of aliphatic carboxylic acids is 1. The first kappa shape index (κ1) is 24.2. The molecule has 148 valence electrons. The fraction of sp³-hybridized carbons (Fsp3) is 0.870. The van der Waals surface area contributed by atoms with Crippen LogP contribution in [-0.4, -0.2) is 11.1 Å². The van der Waals surface area contributed by atoms with Gasteiger partial charge in [0.05, 0.1) is 0 Å². The molecule has 0 fully saturated rings. The summed E-state index contributed by atoms with van der Waals surface area (Å²) in [6.07, 6.45) is 25.6. The van der Waals surface area contributed by atoms with Gasteiger partial charge < -0.3 is 5.11 Å². The maximum atomic E-state index is 10.4. The number of carboxylic acid groups (broad SMARTS) is 1. The SMILES string of the molecule is CCC(C)CCCCCCC/C=C\CCCCCCCCCC(=O)O. The molecule has 0 saturated carbocycles. The Kier molecular flexibility index (Phi) is 18.9. The van der Waals surface area contributed by atoms with Crippen LogP contribution in [0, 0.1) is 5.92 Å². The largest absolute Gasteiger partial charge is 0.481 e. The molecule has 0 bridgehead atoms. The van der Waals surface area contributed by atoms with E-state index in [1.165, 1.54) is 89.9 Å². The number of carbonyl (C=O) groups is 1. The van der Waals surface area contributed by atoms with Crippen molar-refractivity contribution < 1.29 is 9.90 Å². The predicted molar refractivity (Wildman–Crippen MR) is 110 cm³/mol. The van der Waals surface area contributed by atoms with E-state index in [2.05, 4.69) is 26.0 Å². The Labute approximate surface area is 157 Å². The summed E-state index contributed by atoms with van der Waals surface area (Å²) in [4.78, 5) is 10.4. The molecule has 1 unspecified atom stereocenters. The van der Waals surface area contributed by atoms with Gasteiger partial charge in [-0.15, -0.1) is 0 Å². The third kappa shape index (κ3) is 21.2. The summed E-state index contributed by atoms with van der Waals surface area (Å²) in [5.74, 6) is 0.258. The average Bonchev–Trinajstić information content (AvgIpc) is 2.60. The van der Waals surface area contributed by atoms with Crippen molar-refractivity contribution in [3.63, 3.8) is 0 Å². The van der Waals surface area contributed by atoms with Crippen molar-refractivity contribution in [1.29, 1.82) is 0 Å². The molecule has 0 aromatic heterocycles. The summed E-state index contributed by atoms with van der Waals surface area (Å²) in [7, 11) is 0. The molecule has 0 aliphatic rings. The molecule has 0 aliphatic carbocycles. The van der Waals surface area contributed by atoms with Gasteiger partial charge in [-0.3, -0.25) is 4.79 Å². The Morgan fingerprint density at radius 2 is 1.20 bits per heavy atom. The molecule has 0 saturated heterocycles. The number of carboxylic acids is 1. The molecule has 0 spiro atoms. The van der Waals surface area contributed by atoms with Gasteiger partial charge in [0.15, 0.2) is 0 Å². The summed E-state index contributed by atoms with van der Waals surface area (Å²) in [5, 5.41) is 8.56. The highest BCUT2D eigenvalue weighted by Crippen LogP contribution is 2.14. The molecule has 0 amide bonds. The molecule has 2 heteroatoms. The smallest absolute Gasteiger partial charge is 0.303 e. The van der Waals surface area contributed by atoms with E-state index < -0.39 is 5.97 Å². The number of allylic oxidation sites excluding steroid dienone is 2. The van der Waals surface area contributed by atoms with Gasteiger partial charge >= 0.3 is 5.97 Å². The van der Waals surface area contributed by atoms with Gasteiger partial charge in [0.2, 0.25) is 0 Å². The van der Waals surface area contributed by atoms with E-state index in [1.54, 1.807) is 0 Å². The van der Waals surface area contributed by atoms with Crippen LogP contribution in [0.3, 0.4) is 0 Å². The Bertz CT molecular complexity index is 309. The number of hydrogen-bond donors (Lipinski definition) is 1. The highest BCUT2D eigenvalue weighted by atomic mass is 16.4. The molecule has 0 aromatic carbocycles. The summed E-state index contributed by atoms with van der Waals surface area (Å²) < 4.78 is 0. The van der Waals surface area contributed by atoms with Gasteiger partial charge in [-0.25, -0.2) is 0 Å². The Balaban J connectivity index is 3.12. The zero-order valence-electron chi connectivity index (χ0n) is 17.1. The Morgan fingerprint density at radius 3 is 1.68 bits per heavy atom. The highest BCUT2D eigenvalue weighted by Gasteiger charge is 1.98. The Hall–Kier alpha value is -0.790. The molecular formula is C23H44O2. The van der Waals surface area contributed by atoms with Crippen LogP contribution in [0.15, 0.2) is 12.2 Å².